The maximum Gasteiger partial charge on any atom is 0.300 e. The predicted octanol–water partition coefficient (Wildman–Crippen LogP) is 5.51. The molecule has 1 N–H and O–H groups in total. The number of halogens is 2. The standard InChI is InChI=1S/C26H21ClFNO5/c1-3-34-18-10-7-15(8-11-18)24(30)22-23(16-5-4-6-19(13-16)33-2)29(26(32)25(22)31)17-9-12-21(28)20(27)14-17/h4-14,23,30H,3H2,1-2H3/b24-22+. The van der Waals surface area contributed by atoms with Gasteiger partial charge >= 0.3 is 0 Å². The summed E-state index contributed by atoms with van der Waals surface area (Å²) < 4.78 is 24.6. The van der Waals surface area contributed by atoms with Gasteiger partial charge in [-0.15, -0.1) is 0 Å². The molecule has 34 heavy (non-hydrogen) atoms. The lowest BCUT2D eigenvalue weighted by atomic mass is 9.95. The van der Waals surface area contributed by atoms with Crippen molar-refractivity contribution in [1.29, 1.82) is 0 Å². The number of anilines is 1. The molecule has 1 fully saturated rings. The first-order chi connectivity index (χ1) is 16.3. The zero-order valence-corrected chi connectivity index (χ0v) is 19.2. The number of hydrogen-bond donors (Lipinski definition) is 1. The summed E-state index contributed by atoms with van der Waals surface area (Å²) >= 11 is 5.96. The number of carbonyl (C=O) groups excluding carboxylic acids is 2. The quantitative estimate of drug-likeness (QED) is 0.285. The van der Waals surface area contributed by atoms with Crippen LogP contribution in [0.25, 0.3) is 5.76 Å². The number of Topliss-reactive ketones (excluding diaryl/α,β-unsaturated/α-hetero) is 1. The van der Waals surface area contributed by atoms with Crippen LogP contribution in [0.3, 0.4) is 0 Å². The van der Waals surface area contributed by atoms with E-state index in [4.69, 9.17) is 21.1 Å². The predicted molar refractivity (Wildman–Crippen MR) is 127 cm³/mol. The molecule has 1 atom stereocenters. The fraction of sp³-hybridized carbons (Fsp3) is 0.154. The highest BCUT2D eigenvalue weighted by atomic mass is 35.5. The Hall–Kier alpha value is -3.84. The number of aliphatic hydroxyl groups excluding tert-OH is 1. The van der Waals surface area contributed by atoms with Crippen molar-refractivity contribution < 1.29 is 28.6 Å². The number of nitrogens with zero attached hydrogens (tertiary/aromatic N) is 1. The Bertz CT molecular complexity index is 1290. The summed E-state index contributed by atoms with van der Waals surface area (Å²) in [6.07, 6.45) is 0. The Balaban J connectivity index is 1.91. The van der Waals surface area contributed by atoms with E-state index in [1.165, 1.54) is 24.1 Å². The van der Waals surface area contributed by atoms with E-state index < -0.39 is 23.5 Å². The molecule has 1 aliphatic rings. The molecule has 3 aromatic carbocycles. The molecule has 1 unspecified atom stereocenters. The highest BCUT2D eigenvalue weighted by Crippen LogP contribution is 2.43. The Morgan fingerprint density at radius 1 is 1.06 bits per heavy atom. The van der Waals surface area contributed by atoms with Crippen LogP contribution < -0.4 is 14.4 Å². The summed E-state index contributed by atoms with van der Waals surface area (Å²) in [5.41, 5.74) is 0.966. The van der Waals surface area contributed by atoms with Gasteiger partial charge in [-0.05, 0) is 67.1 Å². The minimum Gasteiger partial charge on any atom is -0.507 e. The summed E-state index contributed by atoms with van der Waals surface area (Å²) in [6.45, 7) is 2.33. The third-order valence-electron chi connectivity index (χ3n) is 5.47. The third kappa shape index (κ3) is 4.22. The lowest BCUT2D eigenvalue weighted by molar-refractivity contribution is -0.132. The van der Waals surface area contributed by atoms with Crippen molar-refractivity contribution in [3.8, 4) is 11.5 Å². The third-order valence-corrected chi connectivity index (χ3v) is 5.76. The molecule has 3 aromatic rings. The van der Waals surface area contributed by atoms with E-state index in [0.717, 1.165) is 6.07 Å². The SMILES string of the molecule is CCOc1ccc(/C(O)=C2\C(=O)C(=O)N(c3ccc(F)c(Cl)c3)C2c2cccc(OC)c2)cc1. The maximum absolute atomic E-state index is 13.8. The molecule has 4 rings (SSSR count). The van der Waals surface area contributed by atoms with Gasteiger partial charge in [0, 0.05) is 11.3 Å². The van der Waals surface area contributed by atoms with Crippen molar-refractivity contribution in [3.63, 3.8) is 0 Å². The van der Waals surface area contributed by atoms with Crippen LogP contribution in [0, 0.1) is 5.82 Å². The highest BCUT2D eigenvalue weighted by molar-refractivity contribution is 6.51. The second-order valence-corrected chi connectivity index (χ2v) is 7.91. The molecular weight excluding hydrogens is 461 g/mol. The van der Waals surface area contributed by atoms with Crippen molar-refractivity contribution in [1.82, 2.24) is 0 Å². The molecular formula is C26H21ClFNO5. The van der Waals surface area contributed by atoms with Gasteiger partial charge in [-0.1, -0.05) is 23.7 Å². The Labute approximate surface area is 200 Å². The second kappa shape index (κ2) is 9.57. The van der Waals surface area contributed by atoms with Crippen molar-refractivity contribution in [3.05, 3.63) is 94.3 Å². The first kappa shape index (κ1) is 23.3. The van der Waals surface area contributed by atoms with E-state index in [9.17, 15) is 19.1 Å². The fourth-order valence-corrected chi connectivity index (χ4v) is 4.07. The van der Waals surface area contributed by atoms with Gasteiger partial charge in [-0.3, -0.25) is 14.5 Å². The average molecular weight is 482 g/mol. The molecule has 1 aliphatic heterocycles. The lowest BCUT2D eigenvalue weighted by Gasteiger charge is -2.26. The first-order valence-electron chi connectivity index (χ1n) is 10.5. The van der Waals surface area contributed by atoms with Gasteiger partial charge in [0.25, 0.3) is 11.7 Å². The van der Waals surface area contributed by atoms with Crippen molar-refractivity contribution in [2.75, 3.05) is 18.6 Å². The molecule has 0 spiro atoms. The number of ketones is 1. The van der Waals surface area contributed by atoms with Gasteiger partial charge in [0.1, 0.15) is 23.1 Å². The molecule has 1 heterocycles. The van der Waals surface area contributed by atoms with Gasteiger partial charge in [0.15, 0.2) is 0 Å². The number of carbonyl (C=O) groups is 2. The molecule has 0 aliphatic carbocycles. The van der Waals surface area contributed by atoms with Crippen LogP contribution >= 0.6 is 11.6 Å². The number of aliphatic hydroxyl groups is 1. The van der Waals surface area contributed by atoms with Crippen LogP contribution in [0.2, 0.25) is 5.02 Å². The number of methoxy groups -OCH3 is 1. The molecule has 6 nitrogen and oxygen atoms in total. The minimum atomic E-state index is -0.997. The van der Waals surface area contributed by atoms with E-state index >= 15 is 0 Å². The Kier molecular flexibility index (Phi) is 6.56. The van der Waals surface area contributed by atoms with E-state index in [0.29, 0.717) is 29.2 Å². The smallest absolute Gasteiger partial charge is 0.300 e. The largest absolute Gasteiger partial charge is 0.507 e. The minimum absolute atomic E-state index is 0.108. The van der Waals surface area contributed by atoms with Crippen LogP contribution in [0.4, 0.5) is 10.1 Å². The van der Waals surface area contributed by atoms with E-state index in [2.05, 4.69) is 0 Å². The summed E-state index contributed by atoms with van der Waals surface area (Å²) in [7, 11) is 1.50. The van der Waals surface area contributed by atoms with E-state index in [-0.39, 0.29) is 22.0 Å². The summed E-state index contributed by atoms with van der Waals surface area (Å²) in [4.78, 5) is 27.6. The molecule has 0 radical (unpaired) electrons. The molecule has 0 saturated carbocycles. The zero-order chi connectivity index (χ0) is 24.4. The molecule has 1 saturated heterocycles. The monoisotopic (exact) mass is 481 g/mol. The van der Waals surface area contributed by atoms with Gasteiger partial charge in [0.05, 0.1) is 30.4 Å². The van der Waals surface area contributed by atoms with E-state index in [1.54, 1.807) is 48.5 Å². The number of rotatable bonds is 6. The van der Waals surface area contributed by atoms with Crippen LogP contribution in [0.1, 0.15) is 24.1 Å². The van der Waals surface area contributed by atoms with Crippen LogP contribution in [-0.4, -0.2) is 30.5 Å². The number of hydrogen-bond acceptors (Lipinski definition) is 5. The van der Waals surface area contributed by atoms with Gasteiger partial charge in [-0.25, -0.2) is 4.39 Å². The zero-order valence-electron chi connectivity index (χ0n) is 18.4. The fourth-order valence-electron chi connectivity index (χ4n) is 3.89. The molecule has 1 amide bonds. The summed E-state index contributed by atoms with van der Waals surface area (Å²) in [5, 5.41) is 11.0. The lowest BCUT2D eigenvalue weighted by Crippen LogP contribution is -2.29. The van der Waals surface area contributed by atoms with Crippen molar-refractivity contribution in [2.45, 2.75) is 13.0 Å². The van der Waals surface area contributed by atoms with Gasteiger partial charge in [-0.2, -0.15) is 0 Å². The van der Waals surface area contributed by atoms with Gasteiger partial charge in [0.2, 0.25) is 0 Å². The normalized spacial score (nSPS) is 17.2. The van der Waals surface area contributed by atoms with Crippen LogP contribution in [0.5, 0.6) is 11.5 Å². The van der Waals surface area contributed by atoms with Gasteiger partial charge < -0.3 is 14.6 Å². The number of amides is 1. The maximum atomic E-state index is 13.8. The van der Waals surface area contributed by atoms with Crippen molar-refractivity contribution >= 4 is 34.7 Å². The molecule has 0 aromatic heterocycles. The second-order valence-electron chi connectivity index (χ2n) is 7.50. The molecule has 0 bridgehead atoms. The average Bonchev–Trinajstić information content (AvgIpc) is 3.11. The van der Waals surface area contributed by atoms with Crippen LogP contribution in [-0.2, 0) is 9.59 Å². The number of benzene rings is 3. The Morgan fingerprint density at radius 3 is 2.44 bits per heavy atom. The first-order valence-corrected chi connectivity index (χ1v) is 10.9. The summed E-state index contributed by atoms with van der Waals surface area (Å²) in [6, 6.07) is 16.1. The van der Waals surface area contributed by atoms with Crippen LogP contribution in [0.15, 0.2) is 72.3 Å². The summed E-state index contributed by atoms with van der Waals surface area (Å²) in [5.74, 6) is -1.65. The molecule has 174 valence electrons. The molecule has 8 heteroatoms. The Morgan fingerprint density at radius 2 is 1.79 bits per heavy atom. The topological polar surface area (TPSA) is 76.1 Å². The van der Waals surface area contributed by atoms with E-state index in [1.807, 2.05) is 6.92 Å². The highest BCUT2D eigenvalue weighted by Gasteiger charge is 2.47. The van der Waals surface area contributed by atoms with Crippen molar-refractivity contribution in [2.24, 2.45) is 0 Å². The number of ether oxygens (including phenoxy) is 2.